The molecule has 0 fully saturated rings. The molecule has 5 nitrogen and oxygen atoms in total. The van der Waals surface area contributed by atoms with E-state index in [9.17, 15) is 0 Å². The highest BCUT2D eigenvalue weighted by Gasteiger charge is 2.37. The molecule has 15 aromatic rings. The second kappa shape index (κ2) is 18.1. The van der Waals surface area contributed by atoms with Gasteiger partial charge in [-0.15, -0.1) is 16.5 Å². The summed E-state index contributed by atoms with van der Waals surface area (Å²) in [5.74, 6) is 3.60. The lowest BCUT2D eigenvalue weighted by Crippen LogP contribution is -2.11. The van der Waals surface area contributed by atoms with Crippen molar-refractivity contribution in [3.05, 3.63) is 278 Å². The zero-order chi connectivity index (χ0) is 51.9. The van der Waals surface area contributed by atoms with E-state index in [-0.39, 0.29) is 0 Å². The lowest BCUT2D eigenvalue weighted by molar-refractivity contribution is 0.975. The Morgan fingerprint density at radius 1 is 0.359 bits per heavy atom. The molecule has 0 radical (unpaired) electrons. The van der Waals surface area contributed by atoms with Crippen molar-refractivity contribution in [3.8, 4) is 35.2 Å². The second-order valence-electron chi connectivity index (χ2n) is 19.9. The molecule has 0 aliphatic rings. The van der Waals surface area contributed by atoms with E-state index in [4.69, 9.17) is 11.4 Å². The lowest BCUT2D eigenvalue weighted by atomic mass is 10.1. The molecule has 0 unspecified atom stereocenters. The molecule has 0 saturated carbocycles. The van der Waals surface area contributed by atoms with Crippen molar-refractivity contribution < 1.29 is 0 Å². The molecular weight excluding hydrogens is 967 g/mol. The number of pyridine rings is 1. The topological polar surface area (TPSA) is 32.6 Å². The number of terminal acetylenes is 1. The number of fused-ring (bicyclic) bond motifs is 10. The number of hydrogen-bond acceptors (Lipinski definition) is 1. The van der Waals surface area contributed by atoms with Gasteiger partial charge in [-0.3, -0.25) is 4.57 Å². The van der Waals surface area contributed by atoms with Crippen LogP contribution in [-0.4, -0.2) is 23.3 Å². The van der Waals surface area contributed by atoms with Crippen LogP contribution in [0.3, 0.4) is 0 Å². The van der Waals surface area contributed by atoms with E-state index in [0.29, 0.717) is 0 Å². The number of aryl methyl sites for hydroxylation is 1. The maximum absolute atomic E-state index is 6.11. The highest BCUT2D eigenvalue weighted by Crippen LogP contribution is 2.73. The first kappa shape index (κ1) is 45.3. The van der Waals surface area contributed by atoms with Crippen LogP contribution in [0.2, 0.25) is 0 Å². The molecule has 78 heavy (non-hydrogen) atoms. The first-order chi connectivity index (χ1) is 38.6. The smallest absolute Gasteiger partial charge is 0.140 e. The van der Waals surface area contributed by atoms with Crippen molar-refractivity contribution in [2.45, 2.75) is 26.6 Å². The molecule has 0 N–H and O–H groups in total. The van der Waals surface area contributed by atoms with Gasteiger partial charge in [0.2, 0.25) is 0 Å². The monoisotopic (exact) mass is 1020 g/mol. The van der Waals surface area contributed by atoms with Gasteiger partial charge in [0.15, 0.2) is 0 Å². The molecule has 0 bridgehead atoms. The van der Waals surface area contributed by atoms with Crippen LogP contribution in [0.4, 0.5) is 0 Å². The summed E-state index contributed by atoms with van der Waals surface area (Å²) in [4.78, 5) is 9.60. The molecule has 368 valence electrons. The Bertz CT molecular complexity index is 4800. The van der Waals surface area contributed by atoms with Crippen LogP contribution in [0.15, 0.2) is 287 Å². The summed E-state index contributed by atoms with van der Waals surface area (Å²) < 4.78 is 9.62. The van der Waals surface area contributed by atoms with Crippen molar-refractivity contribution in [3.63, 3.8) is 0 Å². The maximum atomic E-state index is 6.11. The van der Waals surface area contributed by atoms with Crippen molar-refractivity contribution >= 4 is 92.4 Å². The number of aromatic nitrogens is 5. The summed E-state index contributed by atoms with van der Waals surface area (Å²) >= 11 is 0. The van der Waals surface area contributed by atoms with Gasteiger partial charge in [-0.1, -0.05) is 158 Å². The summed E-state index contributed by atoms with van der Waals surface area (Å²) in [6, 6.07) is 95.5. The zero-order valence-corrected chi connectivity index (χ0v) is 43.5. The fraction of sp³-hybridized carbons (Fsp3) is 0.0139. The molecule has 0 aliphatic heterocycles. The average Bonchev–Trinajstić information content (AvgIpc) is 4.37. The van der Waals surface area contributed by atoms with Crippen LogP contribution in [0.5, 0.6) is 0 Å². The van der Waals surface area contributed by atoms with Gasteiger partial charge in [0.25, 0.3) is 0 Å². The standard InChI is InChI=1S/C72H49N5S/c1-3-4-36-63-49(2)56-30-11-17-37-64(56)74(63)50-24-23-29-55(45-50)78(53-25-7-5-8-26-53,54-27-9-6-10-28-54)72-48-52(47-71(73-72)77-68-41-21-14-33-59(68)60-34-15-22-42-69(60)77)76-67-40-20-16-35-61(67)62-46-51(43-44-70(62)76)75-65-38-18-12-31-57(65)58-32-13-19-39-66(58)75/h1,4-48H,2H3/b36-4-. The largest absolute Gasteiger partial charge is 0.310 e. The summed E-state index contributed by atoms with van der Waals surface area (Å²) in [6.45, 7) is 2.19. The summed E-state index contributed by atoms with van der Waals surface area (Å²) in [6.07, 6.45) is 9.78. The van der Waals surface area contributed by atoms with Crippen molar-refractivity contribution in [1.82, 2.24) is 23.3 Å². The first-order valence-corrected chi connectivity index (χ1v) is 28.0. The van der Waals surface area contributed by atoms with Gasteiger partial charge >= 0.3 is 0 Å². The Hall–Kier alpha value is -10.1. The normalized spacial score (nSPS) is 12.3. The van der Waals surface area contributed by atoms with Gasteiger partial charge in [0.1, 0.15) is 5.82 Å². The van der Waals surface area contributed by atoms with Gasteiger partial charge in [-0.25, -0.2) is 4.98 Å². The third-order valence-electron chi connectivity index (χ3n) is 15.8. The number of allylic oxidation sites excluding steroid dienone is 1. The Balaban J connectivity index is 1.06. The van der Waals surface area contributed by atoms with Gasteiger partial charge in [0.05, 0.1) is 55.0 Å². The van der Waals surface area contributed by atoms with Crippen molar-refractivity contribution in [2.24, 2.45) is 0 Å². The molecule has 0 aliphatic carbocycles. The van der Waals surface area contributed by atoms with Crippen LogP contribution in [0, 0.1) is 19.3 Å². The minimum absolute atomic E-state index is 0.835. The van der Waals surface area contributed by atoms with Gasteiger partial charge in [-0.05, 0) is 128 Å². The Labute approximate surface area is 453 Å². The third-order valence-corrected chi connectivity index (χ3v) is 19.5. The summed E-state index contributed by atoms with van der Waals surface area (Å²) in [7, 11) is -2.44. The van der Waals surface area contributed by atoms with Crippen LogP contribution in [0.25, 0.3) is 105 Å². The molecule has 5 heterocycles. The van der Waals surface area contributed by atoms with Gasteiger partial charge in [-0.2, -0.15) is 0 Å². The molecule has 0 amide bonds. The minimum Gasteiger partial charge on any atom is -0.310 e. The highest BCUT2D eigenvalue weighted by molar-refractivity contribution is 8.33. The molecular formula is C72H49N5S. The van der Waals surface area contributed by atoms with E-state index in [2.05, 4.69) is 298 Å². The van der Waals surface area contributed by atoms with Crippen molar-refractivity contribution in [1.29, 1.82) is 0 Å². The number of benzene rings is 10. The molecule has 15 rings (SSSR count). The second-order valence-corrected chi connectivity index (χ2v) is 23.0. The summed E-state index contributed by atoms with van der Waals surface area (Å²) in [5.41, 5.74) is 13.3. The minimum atomic E-state index is -2.44. The van der Waals surface area contributed by atoms with E-state index in [1.807, 2.05) is 0 Å². The summed E-state index contributed by atoms with van der Waals surface area (Å²) in [5, 5.41) is 9.32. The molecule has 6 heteroatoms. The van der Waals surface area contributed by atoms with Crippen LogP contribution >= 0.6 is 10.0 Å². The van der Waals surface area contributed by atoms with E-state index in [1.54, 1.807) is 6.08 Å². The fourth-order valence-corrected chi connectivity index (χ4v) is 16.3. The first-order valence-electron chi connectivity index (χ1n) is 26.4. The van der Waals surface area contributed by atoms with Crippen LogP contribution < -0.4 is 0 Å². The van der Waals surface area contributed by atoms with E-state index >= 15 is 0 Å². The Kier molecular flexibility index (Phi) is 10.5. The Morgan fingerprint density at radius 2 is 0.782 bits per heavy atom. The highest BCUT2D eigenvalue weighted by atomic mass is 32.3. The molecule has 5 aromatic heterocycles. The number of para-hydroxylation sites is 6. The predicted octanol–water partition coefficient (Wildman–Crippen LogP) is 18.6. The predicted molar refractivity (Wildman–Crippen MR) is 327 cm³/mol. The SMILES string of the molecule is C#C/C=C\c1c(C)c2ccccc2n1-c1cccc(S(c2ccccc2)(c2ccccc2)c2cc(-n3c4ccccc4c4cc(-n5c6ccccc6c6ccccc65)ccc43)cc(-n3c4ccccc4c4ccccc43)n2)c1. The van der Waals surface area contributed by atoms with E-state index in [0.717, 1.165) is 66.1 Å². The number of hydrogen-bond donors (Lipinski definition) is 0. The molecule has 0 atom stereocenters. The third kappa shape index (κ3) is 6.75. The van der Waals surface area contributed by atoms with E-state index in [1.165, 1.54) is 64.1 Å². The quantitative estimate of drug-likeness (QED) is 0.133. The number of rotatable bonds is 9. The Morgan fingerprint density at radius 3 is 1.32 bits per heavy atom. The van der Waals surface area contributed by atoms with Crippen LogP contribution in [0.1, 0.15) is 11.3 Å². The van der Waals surface area contributed by atoms with Gasteiger partial charge < -0.3 is 13.7 Å². The maximum Gasteiger partial charge on any atom is 0.140 e. The molecule has 10 aromatic carbocycles. The fourth-order valence-electron chi connectivity index (χ4n) is 12.5. The van der Waals surface area contributed by atoms with E-state index < -0.39 is 10.0 Å². The average molecular weight is 1020 g/mol. The van der Waals surface area contributed by atoms with Crippen molar-refractivity contribution in [2.75, 3.05) is 0 Å². The van der Waals surface area contributed by atoms with Gasteiger partial charge in [0, 0.05) is 69.8 Å². The molecule has 0 saturated heterocycles. The number of nitrogens with zero attached hydrogens (tertiary/aromatic N) is 5. The lowest BCUT2D eigenvalue weighted by Gasteiger charge is -2.41. The van der Waals surface area contributed by atoms with Crippen LogP contribution in [-0.2, 0) is 0 Å². The zero-order valence-electron chi connectivity index (χ0n) is 42.7. The molecule has 0 spiro atoms.